The van der Waals surface area contributed by atoms with Crippen molar-refractivity contribution >= 4 is 11.6 Å². The van der Waals surface area contributed by atoms with E-state index in [0.717, 1.165) is 19.1 Å². The second-order valence-corrected chi connectivity index (χ2v) is 4.11. The van der Waals surface area contributed by atoms with Gasteiger partial charge in [-0.2, -0.15) is 0 Å². The molecule has 1 aliphatic rings. The lowest BCUT2D eigenvalue weighted by Crippen LogP contribution is -2.08. The topological polar surface area (TPSA) is 9.23 Å². The highest BCUT2D eigenvalue weighted by molar-refractivity contribution is 6.20. The predicted octanol–water partition coefficient (Wildman–Crippen LogP) is 3.21. The van der Waals surface area contributed by atoms with E-state index in [4.69, 9.17) is 16.3 Å². The molecule has 0 aliphatic heterocycles. The number of halogens is 1. The third-order valence-electron chi connectivity index (χ3n) is 2.63. The maximum Gasteiger partial charge on any atom is 0.0466 e. The summed E-state index contributed by atoms with van der Waals surface area (Å²) in [7, 11) is 0. The summed E-state index contributed by atoms with van der Waals surface area (Å²) in [5, 5.41) is 0.451. The molecule has 1 aliphatic carbocycles. The van der Waals surface area contributed by atoms with Crippen LogP contribution in [0.4, 0.5) is 0 Å². The molecule has 1 rings (SSSR count). The molecular weight excluding hydrogens is 172 g/mol. The summed E-state index contributed by atoms with van der Waals surface area (Å²) in [6.45, 7) is 3.80. The normalized spacial score (nSPS) is 29.5. The zero-order valence-corrected chi connectivity index (χ0v) is 8.65. The molecule has 0 bridgehead atoms. The molecule has 12 heavy (non-hydrogen) atoms. The van der Waals surface area contributed by atoms with Crippen molar-refractivity contribution in [1.29, 1.82) is 0 Å². The summed E-state index contributed by atoms with van der Waals surface area (Å²) >= 11 is 6.15. The van der Waals surface area contributed by atoms with Gasteiger partial charge in [0.25, 0.3) is 0 Å². The summed E-state index contributed by atoms with van der Waals surface area (Å²) < 4.78 is 5.29. The zero-order chi connectivity index (χ0) is 8.81. The summed E-state index contributed by atoms with van der Waals surface area (Å²) in [6.07, 6.45) is 6.32. The molecule has 2 heteroatoms. The van der Waals surface area contributed by atoms with Gasteiger partial charge < -0.3 is 4.74 Å². The van der Waals surface area contributed by atoms with E-state index in [1.165, 1.54) is 32.1 Å². The van der Waals surface area contributed by atoms with Gasteiger partial charge in [0.1, 0.15) is 0 Å². The van der Waals surface area contributed by atoms with Crippen LogP contribution in [0.25, 0.3) is 0 Å². The molecule has 0 aromatic carbocycles. The van der Waals surface area contributed by atoms with Gasteiger partial charge in [0, 0.05) is 18.6 Å². The van der Waals surface area contributed by atoms with Gasteiger partial charge in [0.2, 0.25) is 0 Å². The zero-order valence-electron chi connectivity index (χ0n) is 7.89. The lowest BCUT2D eigenvalue weighted by molar-refractivity contribution is 0.139. The maximum atomic E-state index is 6.15. The Kier molecular flexibility index (Phi) is 5.01. The predicted molar refractivity (Wildman–Crippen MR) is 52.7 cm³/mol. The molecule has 0 N–H and O–H groups in total. The lowest BCUT2D eigenvalue weighted by atomic mass is 10.0. The Labute approximate surface area is 80.4 Å². The Bertz CT molecular complexity index is 116. The summed E-state index contributed by atoms with van der Waals surface area (Å²) in [4.78, 5) is 0. The minimum atomic E-state index is 0.451. The van der Waals surface area contributed by atoms with Gasteiger partial charge in [-0.3, -0.25) is 0 Å². The summed E-state index contributed by atoms with van der Waals surface area (Å²) in [6, 6.07) is 0. The Morgan fingerprint density at radius 2 is 2.25 bits per heavy atom. The number of hydrogen-bond acceptors (Lipinski definition) is 1. The molecule has 0 aromatic rings. The number of ether oxygens (including phenoxy) is 1. The molecule has 1 fully saturated rings. The van der Waals surface area contributed by atoms with Crippen LogP contribution in [0.3, 0.4) is 0 Å². The molecule has 0 radical (unpaired) electrons. The molecule has 2 atom stereocenters. The number of alkyl halides is 1. The molecule has 72 valence electrons. The van der Waals surface area contributed by atoms with Gasteiger partial charge in [-0.05, 0) is 38.5 Å². The van der Waals surface area contributed by atoms with Crippen LogP contribution in [0.2, 0.25) is 0 Å². The Hall–Kier alpha value is 0.250. The van der Waals surface area contributed by atoms with Gasteiger partial charge in [-0.15, -0.1) is 11.6 Å². The van der Waals surface area contributed by atoms with Crippen LogP contribution < -0.4 is 0 Å². The van der Waals surface area contributed by atoms with Crippen molar-refractivity contribution in [1.82, 2.24) is 0 Å². The molecule has 0 amide bonds. The minimum absolute atomic E-state index is 0.451. The first-order valence-electron chi connectivity index (χ1n) is 5.06. The van der Waals surface area contributed by atoms with Crippen LogP contribution in [0.1, 0.15) is 39.0 Å². The quantitative estimate of drug-likeness (QED) is 0.478. The van der Waals surface area contributed by atoms with E-state index in [-0.39, 0.29) is 0 Å². The third-order valence-corrected chi connectivity index (χ3v) is 3.21. The second-order valence-electron chi connectivity index (χ2n) is 3.55. The van der Waals surface area contributed by atoms with E-state index in [1.807, 2.05) is 6.92 Å². The van der Waals surface area contributed by atoms with E-state index < -0.39 is 0 Å². The van der Waals surface area contributed by atoms with E-state index >= 15 is 0 Å². The molecule has 0 aromatic heterocycles. The Morgan fingerprint density at radius 3 is 2.83 bits per heavy atom. The van der Waals surface area contributed by atoms with Gasteiger partial charge in [0.05, 0.1) is 0 Å². The highest BCUT2D eigenvalue weighted by Gasteiger charge is 2.24. The highest BCUT2D eigenvalue weighted by atomic mass is 35.5. The summed E-state index contributed by atoms with van der Waals surface area (Å²) in [5.74, 6) is 0.770. The van der Waals surface area contributed by atoms with E-state index in [9.17, 15) is 0 Å². The van der Waals surface area contributed by atoms with Crippen molar-refractivity contribution in [3.63, 3.8) is 0 Å². The van der Waals surface area contributed by atoms with Crippen LogP contribution in [0.5, 0.6) is 0 Å². The van der Waals surface area contributed by atoms with Crippen LogP contribution in [-0.4, -0.2) is 18.6 Å². The molecule has 1 nitrogen and oxygen atoms in total. The van der Waals surface area contributed by atoms with Crippen molar-refractivity contribution in [2.24, 2.45) is 5.92 Å². The van der Waals surface area contributed by atoms with Crippen molar-refractivity contribution < 1.29 is 4.74 Å². The Morgan fingerprint density at radius 1 is 1.42 bits per heavy atom. The fourth-order valence-corrected chi connectivity index (χ4v) is 2.31. The van der Waals surface area contributed by atoms with Gasteiger partial charge in [-0.25, -0.2) is 0 Å². The van der Waals surface area contributed by atoms with Crippen LogP contribution in [-0.2, 0) is 4.74 Å². The van der Waals surface area contributed by atoms with Crippen molar-refractivity contribution in [2.75, 3.05) is 13.2 Å². The van der Waals surface area contributed by atoms with E-state index in [0.29, 0.717) is 5.38 Å². The first-order valence-corrected chi connectivity index (χ1v) is 5.50. The molecule has 0 spiro atoms. The average Bonchev–Trinajstić information content (AvgIpc) is 2.46. The van der Waals surface area contributed by atoms with E-state index in [1.54, 1.807) is 0 Å². The first-order chi connectivity index (χ1) is 5.84. The molecular formula is C10H19ClO. The van der Waals surface area contributed by atoms with Crippen molar-refractivity contribution in [2.45, 2.75) is 44.4 Å². The van der Waals surface area contributed by atoms with Crippen LogP contribution in [0, 0.1) is 5.92 Å². The fourth-order valence-electron chi connectivity index (χ4n) is 1.91. The minimum Gasteiger partial charge on any atom is -0.382 e. The van der Waals surface area contributed by atoms with Gasteiger partial charge in [0.15, 0.2) is 0 Å². The highest BCUT2D eigenvalue weighted by Crippen LogP contribution is 2.33. The standard InChI is InChI=1S/C10H19ClO/c1-2-12-8-4-6-9-5-3-7-10(9)11/h9-10H,2-8H2,1H3. The van der Waals surface area contributed by atoms with E-state index in [2.05, 4.69) is 0 Å². The third kappa shape index (κ3) is 3.32. The number of rotatable bonds is 5. The summed E-state index contributed by atoms with van der Waals surface area (Å²) in [5.41, 5.74) is 0. The maximum absolute atomic E-state index is 6.15. The second kappa shape index (κ2) is 5.82. The fraction of sp³-hybridized carbons (Fsp3) is 1.00. The molecule has 1 saturated carbocycles. The lowest BCUT2D eigenvalue weighted by Gasteiger charge is -2.12. The average molecular weight is 191 g/mol. The SMILES string of the molecule is CCOCCCC1CCCC1Cl. The van der Waals surface area contributed by atoms with Gasteiger partial charge >= 0.3 is 0 Å². The Balaban J connectivity index is 1.98. The van der Waals surface area contributed by atoms with Crippen LogP contribution in [0.15, 0.2) is 0 Å². The van der Waals surface area contributed by atoms with Gasteiger partial charge in [-0.1, -0.05) is 6.42 Å². The smallest absolute Gasteiger partial charge is 0.0466 e. The van der Waals surface area contributed by atoms with Crippen molar-refractivity contribution in [3.8, 4) is 0 Å². The molecule has 0 heterocycles. The van der Waals surface area contributed by atoms with Crippen molar-refractivity contribution in [3.05, 3.63) is 0 Å². The first kappa shape index (κ1) is 10.3. The molecule has 2 unspecified atom stereocenters. The molecule has 0 saturated heterocycles. The number of hydrogen-bond donors (Lipinski definition) is 0. The largest absolute Gasteiger partial charge is 0.382 e. The monoisotopic (exact) mass is 190 g/mol. The van der Waals surface area contributed by atoms with Crippen LogP contribution >= 0.6 is 11.6 Å².